The Hall–Kier alpha value is -1.41. The Kier molecular flexibility index (Phi) is 10.7. The first-order valence-corrected chi connectivity index (χ1v) is 9.58. The zero-order valence-corrected chi connectivity index (χ0v) is 17.9. The van der Waals surface area contributed by atoms with Crippen molar-refractivity contribution in [2.24, 2.45) is 5.92 Å². The highest BCUT2D eigenvalue weighted by atomic mass is 35.5. The maximum absolute atomic E-state index is 11.1. The molecule has 1 aromatic heterocycles. The fourth-order valence-electron chi connectivity index (χ4n) is 3.95. The lowest BCUT2D eigenvalue weighted by atomic mass is 9.89. The third kappa shape index (κ3) is 7.20. The van der Waals surface area contributed by atoms with Gasteiger partial charge in [-0.25, -0.2) is 15.4 Å². The first kappa shape index (κ1) is 24.6. The monoisotopic (exact) mass is 431 g/mol. The van der Waals surface area contributed by atoms with E-state index in [4.69, 9.17) is 5.21 Å². The number of nitrogens with zero attached hydrogens (tertiary/aromatic N) is 3. The lowest BCUT2D eigenvalue weighted by Gasteiger charge is -2.26. The first-order valence-electron chi connectivity index (χ1n) is 9.58. The molecule has 158 valence electrons. The van der Waals surface area contributed by atoms with Gasteiger partial charge in [-0.2, -0.15) is 0 Å². The minimum Gasteiger partial charge on any atom is -0.350 e. The highest BCUT2D eigenvalue weighted by Crippen LogP contribution is 2.26. The van der Waals surface area contributed by atoms with Crippen LogP contribution < -0.4 is 10.8 Å². The molecule has 1 amide bonds. The minimum absolute atomic E-state index is 0. The largest absolute Gasteiger partial charge is 0.350 e. The molecule has 7 nitrogen and oxygen atoms in total. The van der Waals surface area contributed by atoms with E-state index in [0.29, 0.717) is 12.0 Å². The van der Waals surface area contributed by atoms with Crippen molar-refractivity contribution in [3.63, 3.8) is 0 Å². The molecule has 3 N–H and O–H groups in total. The lowest BCUT2D eigenvalue weighted by Crippen LogP contribution is -2.31. The fraction of sp³-hybridized carbons (Fsp3) is 0.632. The highest BCUT2D eigenvalue weighted by molar-refractivity contribution is 5.90. The van der Waals surface area contributed by atoms with Crippen LogP contribution in [0.3, 0.4) is 0 Å². The molecule has 2 aliphatic rings. The summed E-state index contributed by atoms with van der Waals surface area (Å²) in [4.78, 5) is 22.5. The van der Waals surface area contributed by atoms with Gasteiger partial charge in [-0.15, -0.1) is 24.8 Å². The van der Waals surface area contributed by atoms with E-state index >= 15 is 0 Å². The standard InChI is InChI=1S/C19H29N5O2.2ClH/c1-14-16(7-8-18(25)23-26)11-20-19(21-14)22-17-9-10-24(13-17)12-15-5-3-2-4-6-15;;/h7-8,11,15,17,26H,2-6,9-10,12-13H2,1H3,(H,23,25)(H,20,21,22);2*1H/b8-7+;;. The molecule has 2 heterocycles. The maximum Gasteiger partial charge on any atom is 0.267 e. The second-order valence-corrected chi connectivity index (χ2v) is 7.44. The van der Waals surface area contributed by atoms with Gasteiger partial charge in [-0.05, 0) is 38.2 Å². The van der Waals surface area contributed by atoms with Crippen LogP contribution in [0.2, 0.25) is 0 Å². The molecular formula is C19H31Cl2N5O2. The Morgan fingerprint density at radius 1 is 1.29 bits per heavy atom. The first-order chi connectivity index (χ1) is 12.6. The van der Waals surface area contributed by atoms with Gasteiger partial charge in [0.2, 0.25) is 5.95 Å². The lowest BCUT2D eigenvalue weighted by molar-refractivity contribution is -0.124. The zero-order chi connectivity index (χ0) is 18.4. The molecular weight excluding hydrogens is 401 g/mol. The maximum atomic E-state index is 11.1. The Bertz CT molecular complexity index is 653. The zero-order valence-electron chi connectivity index (χ0n) is 16.3. The smallest absolute Gasteiger partial charge is 0.267 e. The van der Waals surface area contributed by atoms with E-state index in [2.05, 4.69) is 20.2 Å². The summed E-state index contributed by atoms with van der Waals surface area (Å²) in [6, 6.07) is 0.388. The number of carbonyl (C=O) groups excluding carboxylic acids is 1. The number of carbonyl (C=O) groups is 1. The van der Waals surface area contributed by atoms with Gasteiger partial charge in [0.1, 0.15) is 0 Å². The predicted molar refractivity (Wildman–Crippen MR) is 115 cm³/mol. The van der Waals surface area contributed by atoms with Gasteiger partial charge in [-0.3, -0.25) is 10.0 Å². The van der Waals surface area contributed by atoms with Crippen molar-refractivity contribution >= 4 is 42.7 Å². The number of anilines is 1. The van der Waals surface area contributed by atoms with Crippen molar-refractivity contribution in [1.82, 2.24) is 20.3 Å². The van der Waals surface area contributed by atoms with Crippen molar-refractivity contribution < 1.29 is 10.0 Å². The number of amides is 1. The molecule has 1 aliphatic carbocycles. The molecule has 2 fully saturated rings. The molecule has 0 bridgehead atoms. The van der Waals surface area contributed by atoms with E-state index in [-0.39, 0.29) is 24.8 Å². The summed E-state index contributed by atoms with van der Waals surface area (Å²) in [6.45, 7) is 5.31. The third-order valence-electron chi connectivity index (χ3n) is 5.39. The fourth-order valence-corrected chi connectivity index (χ4v) is 3.95. The van der Waals surface area contributed by atoms with Crippen LogP contribution in [0.4, 0.5) is 5.95 Å². The van der Waals surface area contributed by atoms with Crippen molar-refractivity contribution in [2.45, 2.75) is 51.5 Å². The van der Waals surface area contributed by atoms with Gasteiger partial charge in [-0.1, -0.05) is 19.3 Å². The van der Waals surface area contributed by atoms with E-state index in [1.807, 2.05) is 6.92 Å². The molecule has 1 saturated carbocycles. The number of hydroxylamine groups is 1. The van der Waals surface area contributed by atoms with Crippen LogP contribution in [-0.2, 0) is 4.79 Å². The molecule has 9 heteroatoms. The normalized spacial score (nSPS) is 20.4. The number of hydrogen-bond donors (Lipinski definition) is 3. The highest BCUT2D eigenvalue weighted by Gasteiger charge is 2.25. The molecule has 3 rings (SSSR count). The number of aryl methyl sites for hydroxylation is 1. The van der Waals surface area contributed by atoms with Crippen LogP contribution in [0.25, 0.3) is 6.08 Å². The van der Waals surface area contributed by atoms with Gasteiger partial charge < -0.3 is 10.2 Å². The second kappa shape index (κ2) is 12.2. The third-order valence-corrected chi connectivity index (χ3v) is 5.39. The summed E-state index contributed by atoms with van der Waals surface area (Å²) in [7, 11) is 0. The average Bonchev–Trinajstić information content (AvgIpc) is 3.08. The van der Waals surface area contributed by atoms with Gasteiger partial charge in [0.05, 0.1) is 5.69 Å². The van der Waals surface area contributed by atoms with E-state index in [1.54, 1.807) is 17.8 Å². The van der Waals surface area contributed by atoms with Gasteiger partial charge >= 0.3 is 0 Å². The van der Waals surface area contributed by atoms with Crippen LogP contribution in [0.5, 0.6) is 0 Å². The summed E-state index contributed by atoms with van der Waals surface area (Å²) in [6.07, 6.45) is 12.6. The molecule has 0 spiro atoms. The van der Waals surface area contributed by atoms with E-state index < -0.39 is 5.91 Å². The molecule has 1 aliphatic heterocycles. The number of nitrogens with one attached hydrogen (secondary N) is 2. The summed E-state index contributed by atoms with van der Waals surface area (Å²) >= 11 is 0. The van der Waals surface area contributed by atoms with Crippen LogP contribution in [-0.4, -0.2) is 51.7 Å². The molecule has 0 radical (unpaired) electrons. The summed E-state index contributed by atoms with van der Waals surface area (Å²) < 4.78 is 0. The predicted octanol–water partition coefficient (Wildman–Crippen LogP) is 3.21. The quantitative estimate of drug-likeness (QED) is 0.363. The van der Waals surface area contributed by atoms with E-state index in [0.717, 1.165) is 36.7 Å². The summed E-state index contributed by atoms with van der Waals surface area (Å²) in [5, 5.41) is 12.0. The molecule has 1 unspecified atom stereocenters. The summed E-state index contributed by atoms with van der Waals surface area (Å²) in [5.74, 6) is 0.939. The Labute approximate surface area is 179 Å². The number of aromatic nitrogens is 2. The van der Waals surface area contributed by atoms with Crippen molar-refractivity contribution in [3.8, 4) is 0 Å². The molecule has 1 saturated heterocycles. The van der Waals surface area contributed by atoms with E-state index in [9.17, 15) is 4.79 Å². The molecule has 28 heavy (non-hydrogen) atoms. The van der Waals surface area contributed by atoms with Crippen LogP contribution in [0, 0.1) is 12.8 Å². The van der Waals surface area contributed by atoms with E-state index in [1.165, 1.54) is 44.7 Å². The Morgan fingerprint density at radius 3 is 2.71 bits per heavy atom. The van der Waals surface area contributed by atoms with Crippen molar-refractivity contribution in [2.75, 3.05) is 25.0 Å². The topological polar surface area (TPSA) is 90.4 Å². The SMILES string of the molecule is Cc1nc(NC2CCN(CC3CCCCC3)C2)ncc1/C=C/C(=O)NO.Cl.Cl. The molecule has 1 aromatic rings. The van der Waals surface area contributed by atoms with Gasteiger partial charge in [0.25, 0.3) is 5.91 Å². The second-order valence-electron chi connectivity index (χ2n) is 7.44. The van der Waals surface area contributed by atoms with Crippen LogP contribution in [0.1, 0.15) is 49.8 Å². The molecule has 1 atom stereocenters. The summed E-state index contributed by atoms with van der Waals surface area (Å²) in [5.41, 5.74) is 3.11. The number of halogens is 2. The minimum atomic E-state index is -0.574. The van der Waals surface area contributed by atoms with Crippen LogP contribution in [0.15, 0.2) is 12.3 Å². The van der Waals surface area contributed by atoms with Crippen LogP contribution >= 0.6 is 24.8 Å². The number of rotatable bonds is 6. The average molecular weight is 432 g/mol. The Morgan fingerprint density at radius 2 is 2.04 bits per heavy atom. The Balaban J connectivity index is 0.00000196. The van der Waals surface area contributed by atoms with Crippen molar-refractivity contribution in [1.29, 1.82) is 0 Å². The molecule has 0 aromatic carbocycles. The number of likely N-dealkylation sites (tertiary alicyclic amines) is 1. The number of hydrogen-bond acceptors (Lipinski definition) is 6. The van der Waals surface area contributed by atoms with Gasteiger partial charge in [0.15, 0.2) is 0 Å². The van der Waals surface area contributed by atoms with Gasteiger partial charge in [0, 0.05) is 43.5 Å². The van der Waals surface area contributed by atoms with Crippen molar-refractivity contribution in [3.05, 3.63) is 23.5 Å².